The molecule has 26 heavy (non-hydrogen) atoms. The molecule has 0 aliphatic rings. The molecule has 3 heteroatoms. The number of benzene rings is 1. The highest BCUT2D eigenvalue weighted by Crippen LogP contribution is 2.16. The average molecular weight is 356 g/mol. The van der Waals surface area contributed by atoms with Crippen molar-refractivity contribution in [2.24, 2.45) is 0 Å². The number of pyridine rings is 1. The van der Waals surface area contributed by atoms with Crippen LogP contribution in [0.25, 0.3) is 0 Å². The minimum Gasteiger partial charge on any atom is -0.387 e. The van der Waals surface area contributed by atoms with E-state index in [1.807, 2.05) is 37.3 Å². The second-order valence-corrected chi connectivity index (χ2v) is 7.24. The lowest BCUT2D eigenvalue weighted by molar-refractivity contribution is -0.697. The van der Waals surface area contributed by atoms with Crippen LogP contribution < -0.4 is 9.88 Å². The molecule has 0 bridgehead atoms. The first kappa shape index (κ1) is 20.6. The van der Waals surface area contributed by atoms with E-state index in [1.165, 1.54) is 44.1 Å². The molecule has 1 aromatic heterocycles. The number of hydrogen-bond donors (Lipinski definition) is 2. The monoisotopic (exact) mass is 355 g/mol. The van der Waals surface area contributed by atoms with Gasteiger partial charge in [0.25, 0.3) is 0 Å². The third-order valence-corrected chi connectivity index (χ3v) is 4.93. The number of unbranched alkanes of at least 4 members (excludes halogenated alkanes) is 5. The van der Waals surface area contributed by atoms with Gasteiger partial charge in [0.15, 0.2) is 12.4 Å². The summed E-state index contributed by atoms with van der Waals surface area (Å²) in [6.45, 7) is 6.14. The van der Waals surface area contributed by atoms with E-state index >= 15 is 0 Å². The maximum atomic E-state index is 10.5. The SMILES string of the molecule is CCCCCCCC[n+]1cccc(CN[C@@H](C)[C@H](O)c2ccccc2)c1. The molecular weight excluding hydrogens is 320 g/mol. The van der Waals surface area contributed by atoms with Crippen LogP contribution in [0.1, 0.15) is 69.6 Å². The largest absolute Gasteiger partial charge is 0.387 e. The standard InChI is InChI=1S/C23H35N2O/c1-3-4-5-6-7-11-16-25-17-12-13-21(19-25)18-24-20(2)23(26)22-14-9-8-10-15-22/h8-10,12-15,17,19-20,23-24,26H,3-7,11,16,18H2,1-2H3/q+1/t20-,23-/m0/s1. The van der Waals surface area contributed by atoms with Gasteiger partial charge in [0, 0.05) is 30.6 Å². The highest BCUT2D eigenvalue weighted by molar-refractivity contribution is 5.18. The average Bonchev–Trinajstić information content (AvgIpc) is 2.69. The fourth-order valence-electron chi connectivity index (χ4n) is 3.22. The normalized spacial score (nSPS) is 13.5. The molecule has 2 atom stereocenters. The zero-order chi connectivity index (χ0) is 18.6. The Hall–Kier alpha value is -1.71. The first-order chi connectivity index (χ1) is 12.7. The summed E-state index contributed by atoms with van der Waals surface area (Å²) in [6, 6.07) is 14.1. The minimum absolute atomic E-state index is 0.00428. The van der Waals surface area contributed by atoms with E-state index in [0.29, 0.717) is 0 Å². The maximum Gasteiger partial charge on any atom is 0.173 e. The molecule has 2 aromatic rings. The first-order valence-electron chi connectivity index (χ1n) is 10.1. The Bertz CT molecular complexity index is 615. The van der Waals surface area contributed by atoms with Crippen LogP contribution in [0, 0.1) is 0 Å². The Morgan fingerprint density at radius 1 is 0.962 bits per heavy atom. The quantitative estimate of drug-likeness (QED) is 0.433. The van der Waals surface area contributed by atoms with Gasteiger partial charge >= 0.3 is 0 Å². The fourth-order valence-corrected chi connectivity index (χ4v) is 3.22. The van der Waals surface area contributed by atoms with E-state index in [1.54, 1.807) is 0 Å². The molecule has 0 saturated carbocycles. The number of nitrogens with zero attached hydrogens (tertiary/aromatic N) is 1. The maximum absolute atomic E-state index is 10.5. The number of aliphatic hydroxyl groups excluding tert-OH is 1. The van der Waals surface area contributed by atoms with E-state index in [9.17, 15) is 5.11 Å². The fraction of sp³-hybridized carbons (Fsp3) is 0.522. The molecule has 0 radical (unpaired) electrons. The topological polar surface area (TPSA) is 36.1 Å². The lowest BCUT2D eigenvalue weighted by atomic mass is 10.0. The van der Waals surface area contributed by atoms with Gasteiger partial charge < -0.3 is 10.4 Å². The Morgan fingerprint density at radius 3 is 2.46 bits per heavy atom. The van der Waals surface area contributed by atoms with Crippen molar-refractivity contribution in [3.63, 3.8) is 0 Å². The van der Waals surface area contributed by atoms with Gasteiger partial charge in [-0.3, -0.25) is 0 Å². The van der Waals surface area contributed by atoms with E-state index in [0.717, 1.165) is 18.7 Å². The van der Waals surface area contributed by atoms with Crippen LogP contribution in [0.2, 0.25) is 0 Å². The number of hydrogen-bond acceptors (Lipinski definition) is 2. The van der Waals surface area contributed by atoms with Gasteiger partial charge in [-0.05, 0) is 25.0 Å². The van der Waals surface area contributed by atoms with Crippen molar-refractivity contribution in [1.29, 1.82) is 0 Å². The zero-order valence-electron chi connectivity index (χ0n) is 16.4. The zero-order valence-corrected chi connectivity index (χ0v) is 16.4. The summed E-state index contributed by atoms with van der Waals surface area (Å²) in [5.41, 5.74) is 2.21. The van der Waals surface area contributed by atoms with Crippen LogP contribution >= 0.6 is 0 Å². The molecule has 0 aliphatic carbocycles. The van der Waals surface area contributed by atoms with Gasteiger partial charge in [0.1, 0.15) is 6.54 Å². The lowest BCUT2D eigenvalue weighted by Gasteiger charge is -2.20. The summed E-state index contributed by atoms with van der Waals surface area (Å²) in [5.74, 6) is 0. The highest BCUT2D eigenvalue weighted by atomic mass is 16.3. The van der Waals surface area contributed by atoms with Gasteiger partial charge in [0.2, 0.25) is 0 Å². The summed E-state index contributed by atoms with van der Waals surface area (Å²) >= 11 is 0. The Labute approximate surface area is 159 Å². The van der Waals surface area contributed by atoms with E-state index in [4.69, 9.17) is 0 Å². The molecule has 2 rings (SSSR count). The number of aryl methyl sites for hydroxylation is 1. The first-order valence-corrected chi connectivity index (χ1v) is 10.1. The molecule has 1 aromatic carbocycles. The Balaban J connectivity index is 1.75. The number of aromatic nitrogens is 1. The van der Waals surface area contributed by atoms with Crippen LogP contribution in [0.3, 0.4) is 0 Å². The highest BCUT2D eigenvalue weighted by Gasteiger charge is 2.15. The van der Waals surface area contributed by atoms with Gasteiger partial charge in [-0.2, -0.15) is 0 Å². The second kappa shape index (κ2) is 11.8. The lowest BCUT2D eigenvalue weighted by Crippen LogP contribution is -2.35. The van der Waals surface area contributed by atoms with Gasteiger partial charge in [-0.15, -0.1) is 0 Å². The van der Waals surface area contributed by atoms with Gasteiger partial charge in [-0.25, -0.2) is 4.57 Å². The van der Waals surface area contributed by atoms with Gasteiger partial charge in [0.05, 0.1) is 6.10 Å². The number of rotatable bonds is 12. The minimum atomic E-state index is -0.491. The van der Waals surface area contributed by atoms with Crippen LogP contribution in [-0.2, 0) is 13.1 Å². The predicted octanol–water partition coefficient (Wildman–Crippen LogP) is 4.55. The molecule has 3 nitrogen and oxygen atoms in total. The Morgan fingerprint density at radius 2 is 1.69 bits per heavy atom. The molecule has 1 heterocycles. The summed E-state index contributed by atoms with van der Waals surface area (Å²) in [7, 11) is 0. The van der Waals surface area contributed by atoms with Gasteiger partial charge in [-0.1, -0.05) is 62.9 Å². The van der Waals surface area contributed by atoms with Crippen LogP contribution in [0.15, 0.2) is 54.9 Å². The molecule has 142 valence electrons. The van der Waals surface area contributed by atoms with Crippen molar-refractivity contribution in [3.05, 3.63) is 66.0 Å². The van der Waals surface area contributed by atoms with E-state index < -0.39 is 6.10 Å². The Kier molecular flexibility index (Phi) is 9.36. The molecule has 0 unspecified atom stereocenters. The smallest absolute Gasteiger partial charge is 0.173 e. The van der Waals surface area contributed by atoms with Crippen molar-refractivity contribution in [2.75, 3.05) is 0 Å². The molecule has 0 saturated heterocycles. The molecule has 2 N–H and O–H groups in total. The third-order valence-electron chi connectivity index (χ3n) is 4.93. The summed E-state index contributed by atoms with van der Waals surface area (Å²) in [4.78, 5) is 0. The molecule has 0 spiro atoms. The number of nitrogens with one attached hydrogen (secondary N) is 1. The third kappa shape index (κ3) is 7.27. The summed E-state index contributed by atoms with van der Waals surface area (Å²) in [6.07, 6.45) is 11.8. The van der Waals surface area contributed by atoms with E-state index in [2.05, 4.69) is 41.3 Å². The van der Waals surface area contributed by atoms with Crippen LogP contribution in [-0.4, -0.2) is 11.1 Å². The van der Waals surface area contributed by atoms with E-state index in [-0.39, 0.29) is 6.04 Å². The van der Waals surface area contributed by atoms with Crippen molar-refractivity contribution in [2.45, 2.75) is 77.6 Å². The van der Waals surface area contributed by atoms with Crippen LogP contribution in [0.5, 0.6) is 0 Å². The molecular formula is C23H35N2O+. The molecule has 0 fully saturated rings. The summed E-state index contributed by atoms with van der Waals surface area (Å²) in [5, 5.41) is 13.9. The second-order valence-electron chi connectivity index (χ2n) is 7.24. The van der Waals surface area contributed by atoms with Crippen molar-refractivity contribution < 1.29 is 9.67 Å². The van der Waals surface area contributed by atoms with Crippen molar-refractivity contribution in [1.82, 2.24) is 5.32 Å². The van der Waals surface area contributed by atoms with Crippen molar-refractivity contribution in [3.8, 4) is 0 Å². The molecule has 0 aliphatic heterocycles. The van der Waals surface area contributed by atoms with Crippen LogP contribution in [0.4, 0.5) is 0 Å². The number of aliphatic hydroxyl groups is 1. The molecule has 0 amide bonds. The van der Waals surface area contributed by atoms with Crippen molar-refractivity contribution >= 4 is 0 Å². The predicted molar refractivity (Wildman–Crippen MR) is 108 cm³/mol. The summed E-state index contributed by atoms with van der Waals surface area (Å²) < 4.78 is 2.29.